The Kier molecular flexibility index (Phi) is 7.08. The van der Waals surface area contributed by atoms with Gasteiger partial charge in [0.15, 0.2) is 0 Å². The second kappa shape index (κ2) is 8.91. The molecule has 1 fully saturated rings. The molecule has 1 heterocycles. The Balaban J connectivity index is 2.78. The van der Waals surface area contributed by atoms with E-state index < -0.39 is 36.1 Å². The van der Waals surface area contributed by atoms with E-state index in [1.54, 1.807) is 0 Å². The minimum Gasteiger partial charge on any atom is -0.364 e. The van der Waals surface area contributed by atoms with Crippen molar-refractivity contribution in [2.24, 2.45) is 0 Å². The SMILES string of the molecule is [CH2]CN(CCBr)c1c([N+](=O)[O-])cc([N+](=O)[O-])cc1S(=O)(=O)N1CCNCC1. The van der Waals surface area contributed by atoms with E-state index in [4.69, 9.17) is 0 Å². The summed E-state index contributed by atoms with van der Waals surface area (Å²) in [6.07, 6.45) is 0. The molecule has 0 spiro atoms. The van der Waals surface area contributed by atoms with Crippen LogP contribution in [-0.2, 0) is 10.0 Å². The van der Waals surface area contributed by atoms with Gasteiger partial charge in [-0.25, -0.2) is 8.42 Å². The van der Waals surface area contributed by atoms with Crippen LogP contribution in [0.2, 0.25) is 0 Å². The van der Waals surface area contributed by atoms with Gasteiger partial charge in [0.25, 0.3) is 5.69 Å². The number of anilines is 1. The largest absolute Gasteiger partial charge is 0.364 e. The predicted octanol–water partition coefficient (Wildman–Crippen LogP) is 1.13. The summed E-state index contributed by atoms with van der Waals surface area (Å²) >= 11 is 3.22. The van der Waals surface area contributed by atoms with E-state index in [-0.39, 0.29) is 31.9 Å². The molecular formula is C14H19BrN5O6S. The fraction of sp³-hybridized carbons (Fsp3) is 0.500. The van der Waals surface area contributed by atoms with Gasteiger partial charge >= 0.3 is 5.69 Å². The molecule has 27 heavy (non-hydrogen) atoms. The van der Waals surface area contributed by atoms with Gasteiger partial charge in [0.1, 0.15) is 10.6 Å². The highest BCUT2D eigenvalue weighted by molar-refractivity contribution is 9.09. The lowest BCUT2D eigenvalue weighted by atomic mass is 10.2. The Labute approximate surface area is 164 Å². The Hall–Kier alpha value is -1.83. The van der Waals surface area contributed by atoms with Gasteiger partial charge in [-0.15, -0.1) is 0 Å². The molecular weight excluding hydrogens is 446 g/mol. The molecule has 0 amide bonds. The van der Waals surface area contributed by atoms with Gasteiger partial charge in [0.2, 0.25) is 10.0 Å². The molecule has 149 valence electrons. The molecule has 0 saturated carbocycles. The van der Waals surface area contributed by atoms with Crippen molar-refractivity contribution in [3.05, 3.63) is 39.3 Å². The first-order chi connectivity index (χ1) is 12.7. The fourth-order valence-corrected chi connectivity index (χ4v) is 4.92. The zero-order valence-electron chi connectivity index (χ0n) is 14.3. The lowest BCUT2D eigenvalue weighted by Gasteiger charge is -2.29. The van der Waals surface area contributed by atoms with E-state index in [1.165, 1.54) is 9.21 Å². The van der Waals surface area contributed by atoms with Gasteiger partial charge in [-0.05, 0) is 6.92 Å². The summed E-state index contributed by atoms with van der Waals surface area (Å²) in [6, 6.07) is 1.67. The quantitative estimate of drug-likeness (QED) is 0.343. The standard InChI is InChI=1S/C14H19BrN5O6S/c1-2-17(6-3-15)14-12(20(23)24)9-11(19(21)22)10-13(14)27(25,26)18-7-4-16-5-8-18/h9-10,16H,1-8H2. The number of non-ortho nitro benzene ring substituents is 1. The molecule has 1 aromatic rings. The molecule has 1 N–H and O–H groups in total. The van der Waals surface area contributed by atoms with Gasteiger partial charge < -0.3 is 10.2 Å². The van der Waals surface area contributed by atoms with Crippen LogP contribution in [0.4, 0.5) is 17.1 Å². The lowest BCUT2D eigenvalue weighted by Crippen LogP contribution is -2.46. The monoisotopic (exact) mass is 464 g/mol. The summed E-state index contributed by atoms with van der Waals surface area (Å²) < 4.78 is 27.5. The number of nitro groups is 2. The van der Waals surface area contributed by atoms with Gasteiger partial charge in [0.05, 0.1) is 15.9 Å². The normalized spacial score (nSPS) is 15.5. The zero-order valence-corrected chi connectivity index (χ0v) is 16.7. The molecule has 0 unspecified atom stereocenters. The number of benzene rings is 1. The van der Waals surface area contributed by atoms with Crippen LogP contribution >= 0.6 is 15.9 Å². The second-order valence-electron chi connectivity index (χ2n) is 5.66. The first kappa shape index (κ1) is 21.5. The minimum absolute atomic E-state index is 0.0499. The summed E-state index contributed by atoms with van der Waals surface area (Å²) in [6.45, 7) is 5.18. The maximum Gasteiger partial charge on any atom is 0.300 e. The van der Waals surface area contributed by atoms with Crippen molar-refractivity contribution in [1.82, 2.24) is 9.62 Å². The van der Waals surface area contributed by atoms with Crippen LogP contribution in [0.25, 0.3) is 0 Å². The number of hydrogen-bond donors (Lipinski definition) is 1. The number of nitrogens with zero attached hydrogens (tertiary/aromatic N) is 4. The summed E-state index contributed by atoms with van der Waals surface area (Å²) in [4.78, 5) is 22.1. The summed E-state index contributed by atoms with van der Waals surface area (Å²) in [5, 5.41) is 26.2. The third kappa shape index (κ3) is 4.54. The van der Waals surface area contributed by atoms with Crippen LogP contribution in [0.3, 0.4) is 0 Å². The maximum atomic E-state index is 13.2. The number of piperazine rings is 1. The highest BCUT2D eigenvalue weighted by atomic mass is 79.9. The number of alkyl halides is 1. The van der Waals surface area contributed by atoms with Crippen molar-refractivity contribution in [2.75, 3.05) is 49.5 Å². The molecule has 11 nitrogen and oxygen atoms in total. The molecule has 1 aliphatic rings. The second-order valence-corrected chi connectivity index (χ2v) is 8.36. The number of sulfonamides is 1. The van der Waals surface area contributed by atoms with E-state index in [2.05, 4.69) is 28.2 Å². The smallest absolute Gasteiger partial charge is 0.300 e. The summed E-state index contributed by atoms with van der Waals surface area (Å²) in [5.74, 6) is 0. The first-order valence-electron chi connectivity index (χ1n) is 8.02. The molecule has 2 rings (SSSR count). The minimum atomic E-state index is -4.18. The van der Waals surface area contributed by atoms with Crippen LogP contribution < -0.4 is 10.2 Å². The van der Waals surface area contributed by atoms with Crippen LogP contribution in [0, 0.1) is 27.2 Å². The van der Waals surface area contributed by atoms with Crippen molar-refractivity contribution in [3.63, 3.8) is 0 Å². The topological polar surface area (TPSA) is 139 Å². The molecule has 0 aromatic heterocycles. The summed E-state index contributed by atoms with van der Waals surface area (Å²) in [5.41, 5.74) is -1.47. The zero-order chi connectivity index (χ0) is 20.2. The first-order valence-corrected chi connectivity index (χ1v) is 10.6. The number of nitro benzene ring substituents is 2. The summed E-state index contributed by atoms with van der Waals surface area (Å²) in [7, 11) is -4.18. The molecule has 0 atom stereocenters. The number of hydrogen-bond acceptors (Lipinski definition) is 8. The van der Waals surface area contributed by atoms with Crippen LogP contribution in [0.1, 0.15) is 0 Å². The van der Waals surface area contributed by atoms with E-state index in [0.29, 0.717) is 18.4 Å². The highest BCUT2D eigenvalue weighted by Gasteiger charge is 2.36. The van der Waals surface area contributed by atoms with Crippen LogP contribution in [-0.4, -0.2) is 67.2 Å². The number of halogens is 1. The molecule has 1 saturated heterocycles. The van der Waals surface area contributed by atoms with E-state index in [9.17, 15) is 28.6 Å². The fourth-order valence-electron chi connectivity index (χ4n) is 2.80. The van der Waals surface area contributed by atoms with E-state index >= 15 is 0 Å². The average molecular weight is 465 g/mol. The number of rotatable bonds is 8. The molecule has 0 bridgehead atoms. The van der Waals surface area contributed by atoms with Gasteiger partial charge in [0, 0.05) is 50.7 Å². The van der Waals surface area contributed by atoms with Gasteiger partial charge in [-0.3, -0.25) is 20.2 Å². The van der Waals surface area contributed by atoms with Crippen LogP contribution in [0.15, 0.2) is 17.0 Å². The van der Waals surface area contributed by atoms with Crippen molar-refractivity contribution >= 4 is 43.0 Å². The Morgan fingerprint density at radius 3 is 2.33 bits per heavy atom. The molecule has 1 radical (unpaired) electrons. The molecule has 1 aromatic carbocycles. The van der Waals surface area contributed by atoms with Crippen molar-refractivity contribution < 1.29 is 18.3 Å². The predicted molar refractivity (Wildman–Crippen MR) is 103 cm³/mol. The molecule has 1 aliphatic heterocycles. The molecule has 13 heteroatoms. The Morgan fingerprint density at radius 2 is 1.85 bits per heavy atom. The maximum absolute atomic E-state index is 13.2. The third-order valence-corrected chi connectivity index (χ3v) is 6.35. The highest BCUT2D eigenvalue weighted by Crippen LogP contribution is 2.40. The van der Waals surface area contributed by atoms with Gasteiger partial charge in [-0.2, -0.15) is 4.31 Å². The van der Waals surface area contributed by atoms with E-state index in [0.717, 1.165) is 12.1 Å². The Bertz CT molecular complexity index is 828. The van der Waals surface area contributed by atoms with Gasteiger partial charge in [-0.1, -0.05) is 15.9 Å². The Morgan fingerprint density at radius 1 is 1.22 bits per heavy atom. The lowest BCUT2D eigenvalue weighted by molar-refractivity contribution is -0.394. The van der Waals surface area contributed by atoms with Crippen molar-refractivity contribution in [3.8, 4) is 0 Å². The van der Waals surface area contributed by atoms with Crippen molar-refractivity contribution in [1.29, 1.82) is 0 Å². The molecule has 0 aliphatic carbocycles. The van der Waals surface area contributed by atoms with E-state index in [1.807, 2.05) is 0 Å². The van der Waals surface area contributed by atoms with Crippen LogP contribution in [0.5, 0.6) is 0 Å². The number of nitrogens with one attached hydrogen (secondary N) is 1. The van der Waals surface area contributed by atoms with Crippen molar-refractivity contribution in [2.45, 2.75) is 4.90 Å². The average Bonchev–Trinajstić information content (AvgIpc) is 2.65. The third-order valence-electron chi connectivity index (χ3n) is 4.08.